The summed E-state index contributed by atoms with van der Waals surface area (Å²) in [4.78, 5) is 25.6. The van der Waals surface area contributed by atoms with Crippen LogP contribution in [0, 0.1) is 12.8 Å². The van der Waals surface area contributed by atoms with Crippen LogP contribution in [0.15, 0.2) is 24.3 Å². The lowest BCUT2D eigenvalue weighted by Gasteiger charge is -2.37. The number of piperidine rings is 1. The highest BCUT2D eigenvalue weighted by atomic mass is 16.6. The van der Waals surface area contributed by atoms with E-state index in [2.05, 4.69) is 22.2 Å². The molecule has 2 amide bonds. The summed E-state index contributed by atoms with van der Waals surface area (Å²) >= 11 is 0. The first-order valence-corrected chi connectivity index (χ1v) is 10.2. The Morgan fingerprint density at radius 1 is 1.31 bits per heavy atom. The molecule has 0 unspecified atom stereocenters. The van der Waals surface area contributed by atoms with E-state index < -0.39 is 11.7 Å². The van der Waals surface area contributed by atoms with Gasteiger partial charge in [-0.25, -0.2) is 9.59 Å². The molecule has 7 nitrogen and oxygen atoms in total. The van der Waals surface area contributed by atoms with E-state index in [1.54, 1.807) is 4.90 Å². The van der Waals surface area contributed by atoms with Gasteiger partial charge in [0, 0.05) is 25.6 Å². The number of benzene rings is 1. The number of methoxy groups -OCH3 is 1. The van der Waals surface area contributed by atoms with E-state index in [0.29, 0.717) is 26.2 Å². The van der Waals surface area contributed by atoms with E-state index in [1.807, 2.05) is 39.8 Å². The molecule has 0 aliphatic carbocycles. The molecule has 0 aromatic heterocycles. The maximum absolute atomic E-state index is 12.5. The molecule has 0 spiro atoms. The first-order valence-electron chi connectivity index (χ1n) is 10.2. The number of carbonyl (C=O) groups is 2. The Hall–Kier alpha value is -2.28. The molecule has 0 bridgehead atoms. The minimum Gasteiger partial charge on any atom is -0.453 e. The molecule has 1 N–H and O–H groups in total. The van der Waals surface area contributed by atoms with Gasteiger partial charge in [0.15, 0.2) is 0 Å². The zero-order chi connectivity index (χ0) is 21.4. The second-order valence-electron chi connectivity index (χ2n) is 8.45. The van der Waals surface area contributed by atoms with Crippen molar-refractivity contribution in [3.05, 3.63) is 35.4 Å². The van der Waals surface area contributed by atoms with Gasteiger partial charge in [0.25, 0.3) is 0 Å². The third kappa shape index (κ3) is 7.57. The van der Waals surface area contributed by atoms with Gasteiger partial charge in [-0.3, -0.25) is 0 Å². The lowest BCUT2D eigenvalue weighted by atomic mass is 9.88. The van der Waals surface area contributed by atoms with E-state index in [-0.39, 0.29) is 18.1 Å². The summed E-state index contributed by atoms with van der Waals surface area (Å²) in [7, 11) is 1.33. The highest BCUT2D eigenvalue weighted by Gasteiger charge is 2.33. The highest BCUT2D eigenvalue weighted by molar-refractivity contribution is 5.68. The Morgan fingerprint density at radius 2 is 2.07 bits per heavy atom. The van der Waals surface area contributed by atoms with Gasteiger partial charge in [0.05, 0.1) is 19.8 Å². The van der Waals surface area contributed by atoms with Gasteiger partial charge in [-0.05, 0) is 46.1 Å². The van der Waals surface area contributed by atoms with Gasteiger partial charge in [0.2, 0.25) is 0 Å². The maximum atomic E-state index is 12.5. The fourth-order valence-electron chi connectivity index (χ4n) is 3.51. The average molecular weight is 407 g/mol. The van der Waals surface area contributed by atoms with E-state index in [0.717, 1.165) is 24.0 Å². The van der Waals surface area contributed by atoms with Gasteiger partial charge in [-0.15, -0.1) is 0 Å². The topological polar surface area (TPSA) is 77.1 Å². The Balaban J connectivity index is 2.08. The highest BCUT2D eigenvalue weighted by Crippen LogP contribution is 2.33. The molecule has 7 heteroatoms. The molecule has 1 aromatic carbocycles. The van der Waals surface area contributed by atoms with E-state index in [1.165, 1.54) is 7.11 Å². The minimum atomic E-state index is -0.518. The van der Waals surface area contributed by atoms with Gasteiger partial charge in [-0.1, -0.05) is 29.8 Å². The number of nitrogens with zero attached hydrogens (tertiary/aromatic N) is 1. The first-order chi connectivity index (χ1) is 13.7. The van der Waals surface area contributed by atoms with Crippen LogP contribution in [-0.2, 0) is 14.2 Å². The van der Waals surface area contributed by atoms with E-state index >= 15 is 0 Å². The SMILES string of the molecule is COC(=O)NCCO[C@@H](c1cccc(C)c1)[C@@H]1CCCN(C(=O)OC(C)(C)C)C1. The summed E-state index contributed by atoms with van der Waals surface area (Å²) in [5, 5.41) is 2.64. The van der Waals surface area contributed by atoms with Crippen LogP contribution in [0.4, 0.5) is 9.59 Å². The fraction of sp³-hybridized carbons (Fsp3) is 0.636. The molecule has 1 saturated heterocycles. The number of carbonyl (C=O) groups excluding carboxylic acids is 2. The van der Waals surface area contributed by atoms with Crippen LogP contribution in [0.2, 0.25) is 0 Å². The average Bonchev–Trinajstić information content (AvgIpc) is 2.66. The molecule has 0 radical (unpaired) electrons. The molecule has 1 aliphatic heterocycles. The van der Waals surface area contributed by atoms with Crippen molar-refractivity contribution in [1.29, 1.82) is 0 Å². The molecule has 2 atom stereocenters. The van der Waals surface area contributed by atoms with Crippen LogP contribution >= 0.6 is 0 Å². The Labute approximate surface area is 173 Å². The molecular formula is C22H34N2O5. The summed E-state index contributed by atoms with van der Waals surface area (Å²) in [5.74, 6) is 0.149. The molecule has 0 saturated carbocycles. The van der Waals surface area contributed by atoms with Crippen LogP contribution in [0.5, 0.6) is 0 Å². The Kier molecular flexibility index (Phi) is 8.32. The van der Waals surface area contributed by atoms with Crippen molar-refractivity contribution in [3.8, 4) is 0 Å². The third-order valence-electron chi connectivity index (χ3n) is 4.76. The Bertz CT molecular complexity index is 686. The summed E-state index contributed by atoms with van der Waals surface area (Å²) in [6.45, 7) is 9.66. The normalized spacial score (nSPS) is 18.1. The summed E-state index contributed by atoms with van der Waals surface area (Å²) < 4.78 is 16.3. The van der Waals surface area contributed by atoms with Crippen LogP contribution in [0.3, 0.4) is 0 Å². The number of hydrogen-bond acceptors (Lipinski definition) is 5. The third-order valence-corrected chi connectivity index (χ3v) is 4.76. The number of likely N-dealkylation sites (tertiary alicyclic amines) is 1. The molecule has 2 rings (SSSR count). The summed E-state index contributed by atoms with van der Waals surface area (Å²) in [6.07, 6.45) is 0.935. The van der Waals surface area contributed by atoms with Crippen molar-refractivity contribution in [1.82, 2.24) is 10.2 Å². The second-order valence-corrected chi connectivity index (χ2v) is 8.45. The number of ether oxygens (including phenoxy) is 3. The van der Waals surface area contributed by atoms with Crippen LogP contribution in [-0.4, -0.2) is 56.0 Å². The van der Waals surface area contributed by atoms with Crippen molar-refractivity contribution >= 4 is 12.2 Å². The van der Waals surface area contributed by atoms with Gasteiger partial charge < -0.3 is 24.4 Å². The zero-order valence-electron chi connectivity index (χ0n) is 18.2. The van der Waals surface area contributed by atoms with Crippen molar-refractivity contribution in [2.45, 2.75) is 52.2 Å². The lowest BCUT2D eigenvalue weighted by molar-refractivity contribution is -0.0246. The van der Waals surface area contributed by atoms with E-state index in [4.69, 9.17) is 9.47 Å². The smallest absolute Gasteiger partial charge is 0.410 e. The number of hydrogen-bond donors (Lipinski definition) is 1. The van der Waals surface area contributed by atoms with Crippen LogP contribution < -0.4 is 5.32 Å². The Morgan fingerprint density at radius 3 is 2.72 bits per heavy atom. The molecule has 1 heterocycles. The number of nitrogens with one attached hydrogen (secondary N) is 1. The first kappa shape index (κ1) is 23.0. The van der Waals surface area contributed by atoms with E-state index in [9.17, 15) is 9.59 Å². The van der Waals surface area contributed by atoms with Crippen LogP contribution in [0.25, 0.3) is 0 Å². The van der Waals surface area contributed by atoms with Gasteiger partial charge >= 0.3 is 12.2 Å². The monoisotopic (exact) mass is 406 g/mol. The predicted molar refractivity (Wildman–Crippen MR) is 111 cm³/mol. The standard InChI is InChI=1S/C22H34N2O5/c1-16-8-6-9-17(14-16)19(28-13-11-23-20(25)27-5)18-10-7-12-24(15-18)21(26)29-22(2,3)4/h6,8-9,14,18-19H,7,10-13,15H2,1-5H3,(H,23,25)/t18-,19+/m1/s1. The molecule has 1 aliphatic rings. The molecule has 29 heavy (non-hydrogen) atoms. The molecule has 1 fully saturated rings. The zero-order valence-corrected chi connectivity index (χ0v) is 18.2. The predicted octanol–water partition coefficient (Wildman–Crippen LogP) is 4.06. The van der Waals surface area contributed by atoms with Crippen molar-refractivity contribution in [2.75, 3.05) is 33.4 Å². The maximum Gasteiger partial charge on any atom is 0.410 e. The van der Waals surface area contributed by atoms with Crippen molar-refractivity contribution in [2.24, 2.45) is 5.92 Å². The second kappa shape index (κ2) is 10.5. The number of rotatable bonds is 6. The minimum absolute atomic E-state index is 0.149. The van der Waals surface area contributed by atoms with Crippen LogP contribution in [0.1, 0.15) is 50.8 Å². The summed E-state index contributed by atoms with van der Waals surface area (Å²) in [6, 6.07) is 8.23. The van der Waals surface area contributed by atoms with Crippen molar-refractivity contribution < 1.29 is 23.8 Å². The quantitative estimate of drug-likeness (QED) is 0.721. The fourth-order valence-corrected chi connectivity index (χ4v) is 3.51. The summed E-state index contributed by atoms with van der Waals surface area (Å²) in [5.41, 5.74) is 1.72. The molecule has 1 aromatic rings. The number of amides is 2. The number of aryl methyl sites for hydroxylation is 1. The number of alkyl carbamates (subject to hydrolysis) is 1. The largest absolute Gasteiger partial charge is 0.453 e. The van der Waals surface area contributed by atoms with Crippen molar-refractivity contribution in [3.63, 3.8) is 0 Å². The molecular weight excluding hydrogens is 372 g/mol. The lowest BCUT2D eigenvalue weighted by Crippen LogP contribution is -2.44. The van der Waals surface area contributed by atoms with Gasteiger partial charge in [-0.2, -0.15) is 0 Å². The van der Waals surface area contributed by atoms with Gasteiger partial charge in [0.1, 0.15) is 5.60 Å². The molecule has 162 valence electrons.